The lowest BCUT2D eigenvalue weighted by Gasteiger charge is -2.23. The minimum absolute atomic E-state index is 0.245. The molecule has 0 spiro atoms. The number of esters is 1. The molecule has 1 aromatic rings. The number of hydrogen-bond donors (Lipinski definition) is 2. The molecule has 0 bridgehead atoms. The molecule has 0 heterocycles. The highest BCUT2D eigenvalue weighted by molar-refractivity contribution is 5.76. The molecule has 0 saturated carbocycles. The minimum atomic E-state index is -0.490. The van der Waals surface area contributed by atoms with Crippen LogP contribution in [0.1, 0.15) is 45.6 Å². The lowest BCUT2D eigenvalue weighted by atomic mass is 10.1. The molecule has 25 heavy (non-hydrogen) atoms. The highest BCUT2D eigenvalue weighted by atomic mass is 16.6. The van der Waals surface area contributed by atoms with E-state index < -0.39 is 11.7 Å². The van der Waals surface area contributed by atoms with Gasteiger partial charge in [0.05, 0.1) is 0 Å². The maximum atomic E-state index is 12.0. The summed E-state index contributed by atoms with van der Waals surface area (Å²) in [6, 6.07) is 9.20. The van der Waals surface area contributed by atoms with Crippen molar-refractivity contribution < 1.29 is 19.1 Å². The Morgan fingerprint density at radius 3 is 2.40 bits per heavy atom. The summed E-state index contributed by atoms with van der Waals surface area (Å²) >= 11 is 0. The number of likely N-dealkylation sites (N-methyl/N-ethyl adjacent to an activating group) is 1. The lowest BCUT2D eigenvalue weighted by molar-refractivity contribution is -0.157. The summed E-state index contributed by atoms with van der Waals surface area (Å²) in [5, 5.41) is 5.69. The summed E-state index contributed by atoms with van der Waals surface area (Å²) in [5.41, 5.74) is 0.461. The van der Waals surface area contributed by atoms with E-state index in [1.165, 1.54) is 0 Å². The molecule has 0 saturated heterocycles. The fourth-order valence-corrected chi connectivity index (χ4v) is 2.19. The maximum Gasteiger partial charge on any atom is 0.407 e. The summed E-state index contributed by atoms with van der Waals surface area (Å²) in [6.45, 7) is 6.32. The van der Waals surface area contributed by atoms with Gasteiger partial charge in [0.1, 0.15) is 18.2 Å². The Bertz CT molecular complexity index is 526. The zero-order chi connectivity index (χ0) is 18.7. The number of carbonyl (C=O) groups excluding carboxylic acids is 2. The molecule has 6 heteroatoms. The van der Waals surface area contributed by atoms with Crippen LogP contribution in [-0.2, 0) is 20.9 Å². The number of nitrogens with one attached hydrogen (secondary N) is 2. The summed E-state index contributed by atoms with van der Waals surface area (Å²) in [4.78, 5) is 23.6. The number of amides is 1. The molecule has 1 aromatic carbocycles. The van der Waals surface area contributed by atoms with Gasteiger partial charge in [-0.25, -0.2) is 4.79 Å². The Morgan fingerprint density at radius 2 is 1.80 bits per heavy atom. The molecule has 0 aliphatic heterocycles. The third kappa shape index (κ3) is 9.72. The minimum Gasteiger partial charge on any atom is -0.459 e. The van der Waals surface area contributed by atoms with E-state index in [0.29, 0.717) is 13.0 Å². The molecule has 0 fully saturated rings. The molecule has 0 aromatic heterocycles. The van der Waals surface area contributed by atoms with Crippen LogP contribution in [0.25, 0.3) is 0 Å². The molecule has 1 rings (SSSR count). The zero-order valence-electron chi connectivity index (χ0n) is 15.6. The highest BCUT2D eigenvalue weighted by Crippen LogP contribution is 2.11. The summed E-state index contributed by atoms with van der Waals surface area (Å²) in [6.07, 6.45) is 1.79. The highest BCUT2D eigenvalue weighted by Gasteiger charge is 2.23. The molecule has 6 nitrogen and oxygen atoms in total. The van der Waals surface area contributed by atoms with Crippen LogP contribution in [-0.4, -0.2) is 37.3 Å². The van der Waals surface area contributed by atoms with E-state index in [9.17, 15) is 9.59 Å². The largest absolute Gasteiger partial charge is 0.459 e. The first kappa shape index (κ1) is 21.0. The zero-order valence-corrected chi connectivity index (χ0v) is 15.6. The van der Waals surface area contributed by atoms with Crippen LogP contribution in [0, 0.1) is 0 Å². The Hall–Kier alpha value is -2.08. The standard InChI is InChI=1S/C19H30N2O4/c1-19(2,3)25-17(22)16(20-4)12-8-9-13-21-18(23)24-14-15-10-6-5-7-11-15/h5-7,10-11,16,20H,8-9,12-14H2,1-4H3,(H,21,23). The van der Waals surface area contributed by atoms with E-state index >= 15 is 0 Å². The van der Waals surface area contributed by atoms with Gasteiger partial charge in [-0.05, 0) is 52.6 Å². The first-order valence-electron chi connectivity index (χ1n) is 8.66. The lowest BCUT2D eigenvalue weighted by Crippen LogP contribution is -2.39. The smallest absolute Gasteiger partial charge is 0.407 e. The van der Waals surface area contributed by atoms with E-state index in [1.54, 1.807) is 7.05 Å². The summed E-state index contributed by atoms with van der Waals surface area (Å²) in [5.74, 6) is -0.245. The number of rotatable bonds is 9. The van der Waals surface area contributed by atoms with E-state index in [2.05, 4.69) is 10.6 Å². The molecule has 0 aliphatic rings. The second kappa shape index (κ2) is 10.7. The number of ether oxygens (including phenoxy) is 2. The van der Waals surface area contributed by atoms with Crippen molar-refractivity contribution in [2.45, 2.75) is 58.3 Å². The van der Waals surface area contributed by atoms with Crippen LogP contribution in [0.2, 0.25) is 0 Å². The average Bonchev–Trinajstić information content (AvgIpc) is 2.55. The van der Waals surface area contributed by atoms with Gasteiger partial charge in [0.25, 0.3) is 0 Å². The fraction of sp³-hybridized carbons (Fsp3) is 0.579. The van der Waals surface area contributed by atoms with Crippen molar-refractivity contribution in [3.63, 3.8) is 0 Å². The van der Waals surface area contributed by atoms with Crippen molar-refractivity contribution in [1.82, 2.24) is 10.6 Å². The van der Waals surface area contributed by atoms with Crippen molar-refractivity contribution in [3.05, 3.63) is 35.9 Å². The van der Waals surface area contributed by atoms with Gasteiger partial charge < -0.3 is 20.1 Å². The Morgan fingerprint density at radius 1 is 1.12 bits per heavy atom. The predicted molar refractivity (Wildman–Crippen MR) is 97.2 cm³/mol. The predicted octanol–water partition coefficient (Wildman–Crippen LogP) is 3.01. The molecule has 1 unspecified atom stereocenters. The van der Waals surface area contributed by atoms with Gasteiger partial charge in [0, 0.05) is 6.54 Å². The summed E-state index contributed by atoms with van der Waals surface area (Å²) < 4.78 is 10.5. The molecular weight excluding hydrogens is 320 g/mol. The fourth-order valence-electron chi connectivity index (χ4n) is 2.19. The number of alkyl carbamates (subject to hydrolysis) is 1. The van der Waals surface area contributed by atoms with E-state index in [-0.39, 0.29) is 18.6 Å². The second-order valence-corrected chi connectivity index (χ2v) is 6.86. The van der Waals surface area contributed by atoms with Crippen molar-refractivity contribution in [2.75, 3.05) is 13.6 Å². The van der Waals surface area contributed by atoms with Gasteiger partial charge in [-0.3, -0.25) is 4.79 Å². The third-order valence-corrected chi connectivity index (χ3v) is 3.44. The first-order valence-corrected chi connectivity index (χ1v) is 8.66. The van der Waals surface area contributed by atoms with Crippen molar-refractivity contribution in [3.8, 4) is 0 Å². The number of hydrogen-bond acceptors (Lipinski definition) is 5. The van der Waals surface area contributed by atoms with Crippen LogP contribution < -0.4 is 10.6 Å². The molecule has 0 radical (unpaired) electrons. The van der Waals surface area contributed by atoms with Gasteiger partial charge in [0.15, 0.2) is 0 Å². The molecule has 140 valence electrons. The number of benzene rings is 1. The molecule has 1 amide bonds. The molecule has 2 N–H and O–H groups in total. The normalized spacial score (nSPS) is 12.3. The number of carbonyl (C=O) groups is 2. The van der Waals surface area contributed by atoms with E-state index in [4.69, 9.17) is 9.47 Å². The van der Waals surface area contributed by atoms with E-state index in [1.807, 2.05) is 51.1 Å². The topological polar surface area (TPSA) is 76.7 Å². The van der Waals surface area contributed by atoms with Crippen molar-refractivity contribution >= 4 is 12.1 Å². The average molecular weight is 350 g/mol. The Balaban J connectivity index is 2.15. The van der Waals surface area contributed by atoms with Crippen LogP contribution >= 0.6 is 0 Å². The van der Waals surface area contributed by atoms with Crippen LogP contribution in [0.3, 0.4) is 0 Å². The van der Waals surface area contributed by atoms with Gasteiger partial charge in [-0.1, -0.05) is 30.3 Å². The van der Waals surface area contributed by atoms with Crippen molar-refractivity contribution in [1.29, 1.82) is 0 Å². The van der Waals surface area contributed by atoms with E-state index in [0.717, 1.165) is 18.4 Å². The molecular formula is C19H30N2O4. The Kier molecular flexibility index (Phi) is 8.99. The van der Waals surface area contributed by atoms with Gasteiger partial charge in [0.2, 0.25) is 0 Å². The Labute approximate surface area is 150 Å². The monoisotopic (exact) mass is 350 g/mol. The quantitative estimate of drug-likeness (QED) is 0.529. The number of unbranched alkanes of at least 4 members (excludes halogenated alkanes) is 1. The SMILES string of the molecule is CNC(CCCCNC(=O)OCc1ccccc1)C(=O)OC(C)(C)C. The van der Waals surface area contributed by atoms with Gasteiger partial charge >= 0.3 is 12.1 Å². The van der Waals surface area contributed by atoms with Crippen LogP contribution in [0.5, 0.6) is 0 Å². The van der Waals surface area contributed by atoms with Crippen LogP contribution in [0.4, 0.5) is 4.79 Å². The maximum absolute atomic E-state index is 12.0. The second-order valence-electron chi connectivity index (χ2n) is 6.86. The third-order valence-electron chi connectivity index (χ3n) is 3.44. The van der Waals surface area contributed by atoms with Crippen molar-refractivity contribution in [2.24, 2.45) is 0 Å². The first-order chi connectivity index (χ1) is 11.8. The molecule has 0 aliphatic carbocycles. The van der Waals surface area contributed by atoms with Gasteiger partial charge in [-0.2, -0.15) is 0 Å². The van der Waals surface area contributed by atoms with Crippen LogP contribution in [0.15, 0.2) is 30.3 Å². The molecule has 1 atom stereocenters. The van der Waals surface area contributed by atoms with Gasteiger partial charge in [-0.15, -0.1) is 0 Å². The summed E-state index contributed by atoms with van der Waals surface area (Å²) in [7, 11) is 1.74.